The Kier molecular flexibility index (Phi) is 9.31. The number of carbonyl (C=O) groups is 1. The summed E-state index contributed by atoms with van der Waals surface area (Å²) in [6.45, 7) is 5.13. The Morgan fingerprint density at radius 1 is 1.17 bits per heavy atom. The Balaban J connectivity index is 1.83. The normalized spacial score (nSPS) is 10.9. The molecule has 0 atom stereocenters. The summed E-state index contributed by atoms with van der Waals surface area (Å²) in [5.41, 5.74) is 1.77. The van der Waals surface area contributed by atoms with Gasteiger partial charge in [0.15, 0.2) is 18.1 Å². The summed E-state index contributed by atoms with van der Waals surface area (Å²) in [4.78, 5) is 16.7. The fourth-order valence-corrected chi connectivity index (χ4v) is 2.50. The van der Waals surface area contributed by atoms with Crippen LogP contribution in [0.15, 0.2) is 47.6 Å². The molecule has 0 radical (unpaired) electrons. The molecule has 0 aliphatic carbocycles. The van der Waals surface area contributed by atoms with E-state index >= 15 is 0 Å². The first kappa shape index (κ1) is 22.6. The van der Waals surface area contributed by atoms with E-state index in [0.717, 1.165) is 17.5 Å². The highest BCUT2D eigenvalue weighted by Gasteiger charge is 2.06. The molecule has 0 aliphatic rings. The maximum Gasteiger partial charge on any atom is 0.260 e. The molecular weight excluding hydrogens is 392 g/mol. The lowest BCUT2D eigenvalue weighted by Gasteiger charge is -2.11. The number of ether oxygens (including phenoxy) is 2. The summed E-state index contributed by atoms with van der Waals surface area (Å²) in [5.74, 6) is 1.55. The highest BCUT2D eigenvalue weighted by molar-refractivity contribution is 6.30. The van der Waals surface area contributed by atoms with Crippen LogP contribution in [-0.2, 0) is 16.2 Å². The van der Waals surface area contributed by atoms with Gasteiger partial charge in [0.1, 0.15) is 6.61 Å². The molecule has 2 rings (SSSR count). The van der Waals surface area contributed by atoms with Crippen molar-refractivity contribution in [3.8, 4) is 11.5 Å². The molecule has 0 bridgehead atoms. The van der Waals surface area contributed by atoms with E-state index in [1.54, 1.807) is 19.2 Å². The standard InChI is InChI=1S/C22H27ClN2O4/c1-16(2)10-11-24-22(26)15-29-25-13-18-6-9-20(21(12-18)27-3)28-14-17-4-7-19(23)8-5-17/h4-9,12-13,16H,10-11,14-15H2,1-3H3,(H,24,26)/b25-13+. The van der Waals surface area contributed by atoms with Gasteiger partial charge in [-0.25, -0.2) is 0 Å². The summed E-state index contributed by atoms with van der Waals surface area (Å²) in [5, 5.41) is 7.31. The zero-order valence-electron chi connectivity index (χ0n) is 17.0. The molecule has 7 heteroatoms. The average molecular weight is 419 g/mol. The van der Waals surface area contributed by atoms with Gasteiger partial charge in [-0.15, -0.1) is 0 Å². The van der Waals surface area contributed by atoms with Gasteiger partial charge in [-0.2, -0.15) is 0 Å². The van der Waals surface area contributed by atoms with E-state index in [1.165, 1.54) is 6.21 Å². The average Bonchev–Trinajstić information content (AvgIpc) is 2.71. The molecule has 2 aromatic rings. The molecule has 0 aliphatic heterocycles. The molecule has 0 spiro atoms. The largest absolute Gasteiger partial charge is 0.493 e. The molecule has 0 heterocycles. The van der Waals surface area contributed by atoms with Crippen molar-refractivity contribution < 1.29 is 19.1 Å². The number of methoxy groups -OCH3 is 1. The second-order valence-electron chi connectivity index (χ2n) is 6.87. The van der Waals surface area contributed by atoms with Gasteiger partial charge in [-0.1, -0.05) is 42.7 Å². The first-order chi connectivity index (χ1) is 14.0. The van der Waals surface area contributed by atoms with E-state index in [-0.39, 0.29) is 12.5 Å². The number of nitrogens with one attached hydrogen (secondary N) is 1. The zero-order valence-corrected chi connectivity index (χ0v) is 17.7. The molecule has 0 saturated carbocycles. The number of hydrogen-bond acceptors (Lipinski definition) is 5. The van der Waals surface area contributed by atoms with Crippen molar-refractivity contribution in [1.82, 2.24) is 5.32 Å². The summed E-state index contributed by atoms with van der Waals surface area (Å²) >= 11 is 5.89. The van der Waals surface area contributed by atoms with E-state index in [9.17, 15) is 4.79 Å². The number of nitrogens with zero attached hydrogens (tertiary/aromatic N) is 1. The molecule has 0 unspecified atom stereocenters. The molecule has 0 saturated heterocycles. The van der Waals surface area contributed by atoms with Crippen molar-refractivity contribution in [2.75, 3.05) is 20.3 Å². The van der Waals surface area contributed by atoms with Crippen molar-refractivity contribution in [1.29, 1.82) is 0 Å². The Morgan fingerprint density at radius 3 is 2.62 bits per heavy atom. The van der Waals surface area contributed by atoms with Crippen molar-refractivity contribution in [3.63, 3.8) is 0 Å². The van der Waals surface area contributed by atoms with Crippen LogP contribution in [0.4, 0.5) is 0 Å². The third kappa shape index (κ3) is 8.44. The van der Waals surface area contributed by atoms with Crippen molar-refractivity contribution in [3.05, 3.63) is 58.6 Å². The maximum absolute atomic E-state index is 11.6. The van der Waals surface area contributed by atoms with E-state index in [1.807, 2.05) is 30.3 Å². The second-order valence-corrected chi connectivity index (χ2v) is 7.30. The van der Waals surface area contributed by atoms with Crippen LogP contribution in [0.2, 0.25) is 5.02 Å². The number of hydrogen-bond donors (Lipinski definition) is 1. The van der Waals surface area contributed by atoms with Crippen LogP contribution >= 0.6 is 11.6 Å². The van der Waals surface area contributed by atoms with Gasteiger partial charge in [-0.05, 0) is 48.2 Å². The fraction of sp³-hybridized carbons (Fsp3) is 0.364. The molecule has 29 heavy (non-hydrogen) atoms. The smallest absolute Gasteiger partial charge is 0.260 e. The second kappa shape index (κ2) is 12.0. The van der Waals surface area contributed by atoms with E-state index in [2.05, 4.69) is 24.3 Å². The van der Waals surface area contributed by atoms with Gasteiger partial charge in [-0.3, -0.25) is 4.79 Å². The van der Waals surface area contributed by atoms with Crippen LogP contribution < -0.4 is 14.8 Å². The molecule has 0 fully saturated rings. The number of amides is 1. The highest BCUT2D eigenvalue weighted by atomic mass is 35.5. The first-order valence-corrected chi connectivity index (χ1v) is 9.83. The van der Waals surface area contributed by atoms with Crippen LogP contribution in [0.5, 0.6) is 11.5 Å². The first-order valence-electron chi connectivity index (χ1n) is 9.45. The Morgan fingerprint density at radius 2 is 1.93 bits per heavy atom. The fourth-order valence-electron chi connectivity index (χ4n) is 2.37. The molecular formula is C22H27ClN2O4. The van der Waals surface area contributed by atoms with Gasteiger partial charge in [0, 0.05) is 17.1 Å². The predicted octanol–water partition coefficient (Wildman–Crippen LogP) is 4.44. The third-order valence-corrected chi connectivity index (χ3v) is 4.26. The van der Waals surface area contributed by atoms with Gasteiger partial charge in [0.05, 0.1) is 13.3 Å². The minimum absolute atomic E-state index is 0.117. The number of benzene rings is 2. The molecule has 1 amide bonds. The predicted molar refractivity (Wildman–Crippen MR) is 115 cm³/mol. The van der Waals surface area contributed by atoms with E-state index in [4.69, 9.17) is 25.9 Å². The van der Waals surface area contributed by atoms with Crippen molar-refractivity contribution >= 4 is 23.7 Å². The monoisotopic (exact) mass is 418 g/mol. The van der Waals surface area contributed by atoms with Gasteiger partial charge in [0.2, 0.25) is 0 Å². The van der Waals surface area contributed by atoms with Crippen LogP contribution in [-0.4, -0.2) is 32.4 Å². The molecule has 156 valence electrons. The number of halogens is 1. The summed E-state index contributed by atoms with van der Waals surface area (Å²) in [6, 6.07) is 12.9. The zero-order chi connectivity index (χ0) is 21.1. The number of oxime groups is 1. The van der Waals surface area contributed by atoms with E-state index in [0.29, 0.717) is 35.6 Å². The topological polar surface area (TPSA) is 69.2 Å². The maximum atomic E-state index is 11.6. The SMILES string of the molecule is COc1cc(/C=N/OCC(=O)NCCC(C)C)ccc1OCc1ccc(Cl)cc1. The molecule has 1 N–H and O–H groups in total. The quantitative estimate of drug-likeness (QED) is 0.432. The number of rotatable bonds is 11. The molecule has 2 aromatic carbocycles. The van der Waals surface area contributed by atoms with Gasteiger partial charge in [0.25, 0.3) is 5.91 Å². The van der Waals surface area contributed by atoms with Crippen LogP contribution in [0.1, 0.15) is 31.4 Å². The lowest BCUT2D eigenvalue weighted by atomic mass is 10.1. The lowest BCUT2D eigenvalue weighted by molar-refractivity contribution is -0.125. The lowest BCUT2D eigenvalue weighted by Crippen LogP contribution is -2.28. The van der Waals surface area contributed by atoms with Crippen LogP contribution in [0.25, 0.3) is 0 Å². The summed E-state index contributed by atoms with van der Waals surface area (Å²) < 4.78 is 11.2. The highest BCUT2D eigenvalue weighted by Crippen LogP contribution is 2.28. The Hall–Kier alpha value is -2.73. The van der Waals surface area contributed by atoms with Crippen molar-refractivity contribution in [2.45, 2.75) is 26.9 Å². The summed E-state index contributed by atoms with van der Waals surface area (Å²) in [6.07, 6.45) is 2.45. The minimum Gasteiger partial charge on any atom is -0.493 e. The molecule has 0 aromatic heterocycles. The Bertz CT molecular complexity index is 807. The summed E-state index contributed by atoms with van der Waals surface area (Å²) in [7, 11) is 1.57. The van der Waals surface area contributed by atoms with Crippen molar-refractivity contribution in [2.24, 2.45) is 11.1 Å². The van der Waals surface area contributed by atoms with E-state index < -0.39 is 0 Å². The third-order valence-electron chi connectivity index (χ3n) is 4.01. The Labute approximate surface area is 176 Å². The number of carbonyl (C=O) groups excluding carboxylic acids is 1. The van der Waals surface area contributed by atoms with Crippen LogP contribution in [0, 0.1) is 5.92 Å². The molecule has 6 nitrogen and oxygen atoms in total. The van der Waals surface area contributed by atoms with Gasteiger partial charge < -0.3 is 19.6 Å². The van der Waals surface area contributed by atoms with Gasteiger partial charge >= 0.3 is 0 Å². The minimum atomic E-state index is -0.189. The van der Waals surface area contributed by atoms with Crippen LogP contribution in [0.3, 0.4) is 0 Å².